The minimum atomic E-state index is -3.52. The summed E-state index contributed by atoms with van der Waals surface area (Å²) < 4.78 is 32.1. The third kappa shape index (κ3) is 6.86. The van der Waals surface area contributed by atoms with E-state index in [2.05, 4.69) is 5.32 Å². The third-order valence-corrected chi connectivity index (χ3v) is 7.50. The minimum Gasteiger partial charge on any atom is -0.379 e. The van der Waals surface area contributed by atoms with Gasteiger partial charge in [0, 0.05) is 45.2 Å². The maximum Gasteiger partial charge on any atom is 0.243 e. The van der Waals surface area contributed by atoms with Crippen LogP contribution in [0.4, 0.5) is 5.69 Å². The van der Waals surface area contributed by atoms with Gasteiger partial charge >= 0.3 is 0 Å². The van der Waals surface area contributed by atoms with Crippen LogP contribution in [0.5, 0.6) is 0 Å². The summed E-state index contributed by atoms with van der Waals surface area (Å²) in [5, 5.41) is 2.89. The number of rotatable bonds is 9. The van der Waals surface area contributed by atoms with E-state index in [1.807, 2.05) is 31.2 Å². The number of morpholine rings is 1. The molecule has 2 amide bonds. The molecule has 3 rings (SSSR count). The molecule has 9 heteroatoms. The van der Waals surface area contributed by atoms with Gasteiger partial charge < -0.3 is 15.0 Å². The molecular formula is C24H31N3O5S. The van der Waals surface area contributed by atoms with Gasteiger partial charge in [-0.3, -0.25) is 9.59 Å². The first-order valence-electron chi connectivity index (χ1n) is 11.1. The van der Waals surface area contributed by atoms with E-state index in [0.717, 1.165) is 11.1 Å². The fourth-order valence-corrected chi connectivity index (χ4v) is 5.07. The number of sulfonamides is 1. The third-order valence-electron chi connectivity index (χ3n) is 5.58. The van der Waals surface area contributed by atoms with Gasteiger partial charge in [-0.1, -0.05) is 24.3 Å². The fourth-order valence-electron chi connectivity index (χ4n) is 3.66. The summed E-state index contributed by atoms with van der Waals surface area (Å²) >= 11 is 0. The van der Waals surface area contributed by atoms with Crippen molar-refractivity contribution in [2.24, 2.45) is 0 Å². The second-order valence-corrected chi connectivity index (χ2v) is 9.88. The van der Waals surface area contributed by atoms with Crippen molar-refractivity contribution in [2.45, 2.75) is 38.1 Å². The molecule has 0 bridgehead atoms. The van der Waals surface area contributed by atoms with E-state index in [9.17, 15) is 18.0 Å². The quantitative estimate of drug-likeness (QED) is 0.604. The maximum atomic E-state index is 12.7. The molecule has 1 aliphatic rings. The van der Waals surface area contributed by atoms with Gasteiger partial charge in [0.05, 0.1) is 18.1 Å². The molecule has 33 heavy (non-hydrogen) atoms. The standard InChI is InChI=1S/C24H31N3O5S/c1-3-26(19(2)28)18-21-5-4-6-22(17-21)25-24(29)12-9-20-7-10-23(11-8-20)33(30,31)27-13-15-32-16-14-27/h4-8,10-11,17H,3,9,12-16,18H2,1-2H3,(H,25,29). The average molecular weight is 474 g/mol. The first-order chi connectivity index (χ1) is 15.8. The van der Waals surface area contributed by atoms with E-state index in [0.29, 0.717) is 51.5 Å². The van der Waals surface area contributed by atoms with Gasteiger partial charge in [0.1, 0.15) is 0 Å². The number of hydrogen-bond acceptors (Lipinski definition) is 5. The summed E-state index contributed by atoms with van der Waals surface area (Å²) in [6.45, 7) is 6.12. The highest BCUT2D eigenvalue weighted by atomic mass is 32.2. The highest BCUT2D eigenvalue weighted by molar-refractivity contribution is 7.89. The number of carbonyl (C=O) groups excluding carboxylic acids is 2. The van der Waals surface area contributed by atoms with Crippen molar-refractivity contribution in [3.05, 3.63) is 59.7 Å². The zero-order valence-corrected chi connectivity index (χ0v) is 19.9. The number of anilines is 1. The second-order valence-electron chi connectivity index (χ2n) is 7.94. The van der Waals surface area contributed by atoms with Crippen LogP contribution < -0.4 is 5.32 Å². The van der Waals surface area contributed by atoms with Crippen LogP contribution in [0.1, 0.15) is 31.4 Å². The summed E-state index contributed by atoms with van der Waals surface area (Å²) in [6.07, 6.45) is 0.770. The Bertz CT molecular complexity index is 1060. The number of amides is 2. The molecule has 8 nitrogen and oxygen atoms in total. The Kier molecular flexibility index (Phi) is 8.60. The molecule has 0 saturated carbocycles. The Labute approximate surface area is 195 Å². The van der Waals surface area contributed by atoms with Crippen molar-refractivity contribution in [3.8, 4) is 0 Å². The van der Waals surface area contributed by atoms with E-state index in [1.54, 1.807) is 36.1 Å². The van der Waals surface area contributed by atoms with Gasteiger partial charge in [0.15, 0.2) is 0 Å². The predicted octanol–water partition coefficient (Wildman–Crippen LogP) is 2.65. The van der Waals surface area contributed by atoms with Gasteiger partial charge in [0.2, 0.25) is 21.8 Å². The van der Waals surface area contributed by atoms with Gasteiger partial charge in [-0.15, -0.1) is 0 Å². The second kappa shape index (κ2) is 11.4. The van der Waals surface area contributed by atoms with E-state index in [-0.39, 0.29) is 23.1 Å². The molecule has 2 aromatic carbocycles. The lowest BCUT2D eigenvalue weighted by Crippen LogP contribution is -2.40. The van der Waals surface area contributed by atoms with Crippen molar-refractivity contribution in [2.75, 3.05) is 38.2 Å². The Morgan fingerprint density at radius 2 is 1.76 bits per heavy atom. The largest absolute Gasteiger partial charge is 0.379 e. The summed E-state index contributed by atoms with van der Waals surface area (Å²) in [5.41, 5.74) is 2.52. The minimum absolute atomic E-state index is 0.00991. The normalized spacial score (nSPS) is 14.6. The molecule has 0 aromatic heterocycles. The van der Waals surface area contributed by atoms with Crippen molar-refractivity contribution < 1.29 is 22.7 Å². The Morgan fingerprint density at radius 3 is 2.39 bits per heavy atom. The van der Waals surface area contributed by atoms with Gasteiger partial charge in [-0.2, -0.15) is 4.31 Å². The van der Waals surface area contributed by atoms with Gasteiger partial charge in [0.25, 0.3) is 0 Å². The first kappa shape index (κ1) is 24.9. The van der Waals surface area contributed by atoms with Crippen molar-refractivity contribution in [1.82, 2.24) is 9.21 Å². The molecule has 178 valence electrons. The highest BCUT2D eigenvalue weighted by Crippen LogP contribution is 2.19. The molecule has 1 saturated heterocycles. The molecule has 0 aliphatic carbocycles. The van der Waals surface area contributed by atoms with E-state index < -0.39 is 10.0 Å². The number of ether oxygens (including phenoxy) is 1. The summed E-state index contributed by atoms with van der Waals surface area (Å²) in [6, 6.07) is 14.2. The van der Waals surface area contributed by atoms with Crippen LogP contribution in [-0.2, 0) is 37.3 Å². The lowest BCUT2D eigenvalue weighted by atomic mass is 10.1. The number of hydrogen-bond donors (Lipinski definition) is 1. The van der Waals surface area contributed by atoms with Crippen LogP contribution in [-0.4, -0.2) is 62.3 Å². The Balaban J connectivity index is 1.54. The van der Waals surface area contributed by atoms with E-state index in [4.69, 9.17) is 4.74 Å². The van der Waals surface area contributed by atoms with Crippen molar-refractivity contribution >= 4 is 27.5 Å². The SMILES string of the molecule is CCN(Cc1cccc(NC(=O)CCc2ccc(S(=O)(=O)N3CCOCC3)cc2)c1)C(C)=O. The number of carbonyl (C=O) groups is 2. The number of benzene rings is 2. The lowest BCUT2D eigenvalue weighted by molar-refractivity contribution is -0.129. The fraction of sp³-hybridized carbons (Fsp3) is 0.417. The van der Waals surface area contributed by atoms with E-state index >= 15 is 0 Å². The van der Waals surface area contributed by atoms with Crippen molar-refractivity contribution in [3.63, 3.8) is 0 Å². The highest BCUT2D eigenvalue weighted by Gasteiger charge is 2.26. The van der Waals surface area contributed by atoms with Gasteiger partial charge in [-0.05, 0) is 48.7 Å². The van der Waals surface area contributed by atoms with Crippen LogP contribution in [0.15, 0.2) is 53.4 Å². The molecular weight excluding hydrogens is 442 g/mol. The molecule has 0 unspecified atom stereocenters. The maximum absolute atomic E-state index is 12.7. The summed E-state index contributed by atoms with van der Waals surface area (Å²) in [7, 11) is -3.52. The molecule has 1 heterocycles. The first-order valence-corrected chi connectivity index (χ1v) is 12.5. The molecule has 1 fully saturated rings. The molecule has 1 aliphatic heterocycles. The molecule has 0 radical (unpaired) electrons. The molecule has 2 aromatic rings. The molecule has 0 spiro atoms. The van der Waals surface area contributed by atoms with Gasteiger partial charge in [-0.25, -0.2) is 8.42 Å². The number of nitrogens with one attached hydrogen (secondary N) is 1. The van der Waals surface area contributed by atoms with Crippen LogP contribution in [0.2, 0.25) is 0 Å². The number of aryl methyl sites for hydroxylation is 1. The predicted molar refractivity (Wildman–Crippen MR) is 126 cm³/mol. The molecule has 1 N–H and O–H groups in total. The smallest absolute Gasteiger partial charge is 0.243 e. The summed E-state index contributed by atoms with van der Waals surface area (Å²) in [5.74, 6) is -0.119. The van der Waals surface area contributed by atoms with Crippen LogP contribution in [0, 0.1) is 0 Å². The monoisotopic (exact) mass is 473 g/mol. The lowest BCUT2D eigenvalue weighted by Gasteiger charge is -2.26. The Hall–Kier alpha value is -2.75. The average Bonchev–Trinajstić information content (AvgIpc) is 2.82. The Morgan fingerprint density at radius 1 is 1.06 bits per heavy atom. The van der Waals surface area contributed by atoms with Crippen LogP contribution in [0.3, 0.4) is 0 Å². The van der Waals surface area contributed by atoms with Crippen LogP contribution >= 0.6 is 0 Å². The summed E-state index contributed by atoms with van der Waals surface area (Å²) in [4.78, 5) is 26.0. The zero-order chi connectivity index (χ0) is 23.8. The molecule has 0 atom stereocenters. The number of nitrogens with zero attached hydrogens (tertiary/aromatic N) is 2. The van der Waals surface area contributed by atoms with E-state index in [1.165, 1.54) is 4.31 Å². The van der Waals surface area contributed by atoms with Crippen molar-refractivity contribution in [1.29, 1.82) is 0 Å². The van der Waals surface area contributed by atoms with Crippen LogP contribution in [0.25, 0.3) is 0 Å². The topological polar surface area (TPSA) is 96.0 Å². The zero-order valence-electron chi connectivity index (χ0n) is 19.1.